The minimum absolute atomic E-state index is 0.210. The van der Waals surface area contributed by atoms with E-state index in [1.54, 1.807) is 0 Å². The fraction of sp³-hybridized carbons (Fsp3) is 0.667. The van der Waals surface area contributed by atoms with E-state index in [0.717, 1.165) is 6.54 Å². The molecule has 1 heterocycles. The second kappa shape index (κ2) is 7.24. The molecule has 1 saturated heterocycles. The Morgan fingerprint density at radius 2 is 1.80 bits per heavy atom. The number of hydrogen-bond acceptors (Lipinski definition) is 2. The molecule has 0 saturated carbocycles. The Bertz CT molecular complexity index is 378. The van der Waals surface area contributed by atoms with Crippen molar-refractivity contribution in [2.24, 2.45) is 0 Å². The SMILES string of the molecule is CCCN1CCC(NCC(C)(C)c2ccccc2)CC1. The molecule has 0 atom stereocenters. The van der Waals surface area contributed by atoms with Gasteiger partial charge in [-0.05, 0) is 44.5 Å². The van der Waals surface area contributed by atoms with E-state index >= 15 is 0 Å². The summed E-state index contributed by atoms with van der Waals surface area (Å²) < 4.78 is 0. The lowest BCUT2D eigenvalue weighted by Crippen LogP contribution is -2.46. The largest absolute Gasteiger partial charge is 0.313 e. The van der Waals surface area contributed by atoms with Gasteiger partial charge in [-0.25, -0.2) is 0 Å². The Labute approximate surface area is 124 Å². The van der Waals surface area contributed by atoms with Crippen LogP contribution in [0.3, 0.4) is 0 Å². The predicted molar refractivity (Wildman–Crippen MR) is 87.2 cm³/mol. The molecule has 0 aromatic heterocycles. The summed E-state index contributed by atoms with van der Waals surface area (Å²) in [6, 6.07) is 11.6. The van der Waals surface area contributed by atoms with Crippen molar-refractivity contribution in [3.05, 3.63) is 35.9 Å². The van der Waals surface area contributed by atoms with E-state index in [0.29, 0.717) is 6.04 Å². The summed E-state index contributed by atoms with van der Waals surface area (Å²) in [4.78, 5) is 2.60. The van der Waals surface area contributed by atoms with Crippen molar-refractivity contribution in [3.8, 4) is 0 Å². The molecule has 2 heteroatoms. The third-order valence-electron chi connectivity index (χ3n) is 4.52. The van der Waals surface area contributed by atoms with Gasteiger partial charge in [0, 0.05) is 18.0 Å². The van der Waals surface area contributed by atoms with Crippen LogP contribution in [0, 0.1) is 0 Å². The molecule has 1 N–H and O–H groups in total. The predicted octanol–water partition coefficient (Wildman–Crippen LogP) is 3.43. The first-order valence-corrected chi connectivity index (χ1v) is 8.13. The summed E-state index contributed by atoms with van der Waals surface area (Å²) in [5.74, 6) is 0. The molecular weight excluding hydrogens is 244 g/mol. The van der Waals surface area contributed by atoms with Gasteiger partial charge in [0.15, 0.2) is 0 Å². The summed E-state index contributed by atoms with van der Waals surface area (Å²) in [5, 5.41) is 3.80. The molecule has 1 aromatic rings. The molecule has 0 amide bonds. The fourth-order valence-corrected chi connectivity index (χ4v) is 3.07. The maximum atomic E-state index is 3.80. The molecule has 0 bridgehead atoms. The third kappa shape index (κ3) is 4.32. The molecule has 0 radical (unpaired) electrons. The monoisotopic (exact) mass is 274 g/mol. The topological polar surface area (TPSA) is 15.3 Å². The minimum atomic E-state index is 0.210. The van der Waals surface area contributed by atoms with Crippen LogP contribution in [-0.4, -0.2) is 37.1 Å². The smallest absolute Gasteiger partial charge is 0.00917 e. The lowest BCUT2D eigenvalue weighted by Gasteiger charge is -2.34. The van der Waals surface area contributed by atoms with E-state index in [4.69, 9.17) is 0 Å². The normalized spacial score (nSPS) is 18.4. The highest BCUT2D eigenvalue weighted by molar-refractivity contribution is 5.23. The van der Waals surface area contributed by atoms with Crippen LogP contribution in [0.5, 0.6) is 0 Å². The standard InChI is InChI=1S/C18H30N2/c1-4-12-20-13-10-17(11-14-20)19-15-18(2,3)16-8-6-5-7-9-16/h5-9,17,19H,4,10-15H2,1-3H3. The number of benzene rings is 1. The van der Waals surface area contributed by atoms with Crippen LogP contribution in [-0.2, 0) is 5.41 Å². The van der Waals surface area contributed by atoms with E-state index < -0.39 is 0 Å². The molecular formula is C18H30N2. The quantitative estimate of drug-likeness (QED) is 0.855. The van der Waals surface area contributed by atoms with Gasteiger partial charge in [-0.3, -0.25) is 0 Å². The zero-order valence-electron chi connectivity index (χ0n) is 13.4. The number of nitrogens with one attached hydrogen (secondary N) is 1. The number of piperidine rings is 1. The van der Waals surface area contributed by atoms with Gasteiger partial charge in [0.05, 0.1) is 0 Å². The van der Waals surface area contributed by atoms with Gasteiger partial charge >= 0.3 is 0 Å². The van der Waals surface area contributed by atoms with E-state index in [2.05, 4.69) is 61.3 Å². The Morgan fingerprint density at radius 1 is 1.15 bits per heavy atom. The number of likely N-dealkylation sites (tertiary alicyclic amines) is 1. The van der Waals surface area contributed by atoms with Gasteiger partial charge in [0.2, 0.25) is 0 Å². The molecule has 1 aliphatic rings. The number of nitrogens with zero attached hydrogens (tertiary/aromatic N) is 1. The van der Waals surface area contributed by atoms with Crippen LogP contribution in [0.15, 0.2) is 30.3 Å². The Balaban J connectivity index is 1.78. The molecule has 1 fully saturated rings. The number of hydrogen-bond donors (Lipinski definition) is 1. The Morgan fingerprint density at radius 3 is 2.40 bits per heavy atom. The average Bonchev–Trinajstić information content (AvgIpc) is 2.48. The molecule has 2 nitrogen and oxygen atoms in total. The van der Waals surface area contributed by atoms with Crippen molar-refractivity contribution in [1.82, 2.24) is 10.2 Å². The highest BCUT2D eigenvalue weighted by Gasteiger charge is 2.23. The first-order chi connectivity index (χ1) is 9.62. The van der Waals surface area contributed by atoms with Gasteiger partial charge in [-0.15, -0.1) is 0 Å². The van der Waals surface area contributed by atoms with Crippen molar-refractivity contribution in [2.75, 3.05) is 26.2 Å². The molecule has 1 aliphatic heterocycles. The summed E-state index contributed by atoms with van der Waals surface area (Å²) in [5.41, 5.74) is 1.64. The first kappa shape index (κ1) is 15.5. The molecule has 0 aliphatic carbocycles. The zero-order valence-corrected chi connectivity index (χ0v) is 13.4. The van der Waals surface area contributed by atoms with Gasteiger partial charge in [-0.1, -0.05) is 51.1 Å². The number of rotatable bonds is 6. The van der Waals surface area contributed by atoms with Gasteiger partial charge in [0.25, 0.3) is 0 Å². The molecule has 0 spiro atoms. The van der Waals surface area contributed by atoms with Crippen molar-refractivity contribution in [2.45, 2.75) is 51.5 Å². The lowest BCUT2D eigenvalue weighted by atomic mass is 9.84. The van der Waals surface area contributed by atoms with Gasteiger partial charge < -0.3 is 10.2 Å². The lowest BCUT2D eigenvalue weighted by molar-refractivity contribution is 0.194. The fourth-order valence-electron chi connectivity index (χ4n) is 3.07. The molecule has 1 aromatic carbocycles. The van der Waals surface area contributed by atoms with E-state index in [9.17, 15) is 0 Å². The van der Waals surface area contributed by atoms with Crippen LogP contribution in [0.4, 0.5) is 0 Å². The summed E-state index contributed by atoms with van der Waals surface area (Å²) in [6.45, 7) is 11.8. The molecule has 20 heavy (non-hydrogen) atoms. The minimum Gasteiger partial charge on any atom is -0.313 e. The third-order valence-corrected chi connectivity index (χ3v) is 4.52. The molecule has 112 valence electrons. The first-order valence-electron chi connectivity index (χ1n) is 8.13. The Kier molecular flexibility index (Phi) is 5.62. The molecule has 2 rings (SSSR count). The maximum absolute atomic E-state index is 3.80. The van der Waals surface area contributed by atoms with Crippen LogP contribution in [0.1, 0.15) is 45.6 Å². The van der Waals surface area contributed by atoms with E-state index in [1.165, 1.54) is 44.5 Å². The molecule has 0 unspecified atom stereocenters. The van der Waals surface area contributed by atoms with E-state index in [-0.39, 0.29) is 5.41 Å². The van der Waals surface area contributed by atoms with Crippen LogP contribution < -0.4 is 5.32 Å². The van der Waals surface area contributed by atoms with Crippen molar-refractivity contribution in [1.29, 1.82) is 0 Å². The zero-order chi connectivity index (χ0) is 14.4. The van der Waals surface area contributed by atoms with Gasteiger partial charge in [-0.2, -0.15) is 0 Å². The van der Waals surface area contributed by atoms with Crippen LogP contribution >= 0.6 is 0 Å². The van der Waals surface area contributed by atoms with Gasteiger partial charge in [0.1, 0.15) is 0 Å². The average molecular weight is 274 g/mol. The van der Waals surface area contributed by atoms with Crippen molar-refractivity contribution in [3.63, 3.8) is 0 Å². The van der Waals surface area contributed by atoms with Crippen molar-refractivity contribution >= 4 is 0 Å². The Hall–Kier alpha value is -0.860. The summed E-state index contributed by atoms with van der Waals surface area (Å²) in [6.07, 6.45) is 3.87. The van der Waals surface area contributed by atoms with Crippen LogP contribution in [0.2, 0.25) is 0 Å². The second-order valence-electron chi connectivity index (χ2n) is 6.75. The highest BCUT2D eigenvalue weighted by atomic mass is 15.1. The highest BCUT2D eigenvalue weighted by Crippen LogP contribution is 2.22. The van der Waals surface area contributed by atoms with Crippen molar-refractivity contribution < 1.29 is 0 Å². The summed E-state index contributed by atoms with van der Waals surface area (Å²) in [7, 11) is 0. The second-order valence-corrected chi connectivity index (χ2v) is 6.75. The summed E-state index contributed by atoms with van der Waals surface area (Å²) >= 11 is 0. The van der Waals surface area contributed by atoms with Crippen LogP contribution in [0.25, 0.3) is 0 Å². The van der Waals surface area contributed by atoms with E-state index in [1.807, 2.05) is 0 Å². The maximum Gasteiger partial charge on any atom is 0.00917 e.